The van der Waals surface area contributed by atoms with Crippen molar-refractivity contribution in [2.75, 3.05) is 7.11 Å². The van der Waals surface area contributed by atoms with E-state index in [1.807, 2.05) is 6.92 Å². The van der Waals surface area contributed by atoms with Gasteiger partial charge in [0.2, 0.25) is 0 Å². The van der Waals surface area contributed by atoms with Gasteiger partial charge in [0.15, 0.2) is 0 Å². The molecule has 2 N–H and O–H groups in total. The molecule has 122 valence electrons. The molecule has 0 unspecified atom stereocenters. The summed E-state index contributed by atoms with van der Waals surface area (Å²) in [6.45, 7) is 3.60. The van der Waals surface area contributed by atoms with Crippen LogP contribution in [-0.4, -0.2) is 18.1 Å². The molecule has 6 heteroatoms. The van der Waals surface area contributed by atoms with Crippen molar-refractivity contribution in [2.45, 2.75) is 26.3 Å². The second-order valence-electron chi connectivity index (χ2n) is 5.35. The average Bonchev–Trinajstić information content (AvgIpc) is 2.50. The minimum atomic E-state index is -0.644. The van der Waals surface area contributed by atoms with E-state index in [4.69, 9.17) is 17.3 Å². The molecular formula is C17H18ClFN2O2. The number of ether oxygens (including phenoxy) is 1. The molecule has 4 nitrogen and oxygen atoms in total. The Balaban J connectivity index is 2.50. The number of rotatable bonds is 4. The molecule has 23 heavy (non-hydrogen) atoms. The van der Waals surface area contributed by atoms with Crippen molar-refractivity contribution < 1.29 is 13.9 Å². The number of aromatic nitrogens is 1. The van der Waals surface area contributed by atoms with Crippen molar-refractivity contribution in [1.82, 2.24) is 4.98 Å². The van der Waals surface area contributed by atoms with Gasteiger partial charge in [-0.1, -0.05) is 17.7 Å². The first-order valence-corrected chi connectivity index (χ1v) is 7.47. The standard InChI is InChI=1S/C17H18ClFN2O2/c1-9-4-5-12(19)10(2)17(9)11-6-14(21-15(18)7-11)13(20)8-16(22)23-3/h4-7,13H,8,20H2,1-3H3/t13-/m0/s1. The zero-order chi connectivity index (χ0) is 17.1. The minimum absolute atomic E-state index is 0.00953. The van der Waals surface area contributed by atoms with E-state index in [-0.39, 0.29) is 17.4 Å². The Kier molecular flexibility index (Phi) is 5.34. The van der Waals surface area contributed by atoms with E-state index in [1.54, 1.807) is 25.1 Å². The number of esters is 1. The number of hydrogen-bond donors (Lipinski definition) is 1. The molecule has 2 aromatic rings. The van der Waals surface area contributed by atoms with E-state index in [9.17, 15) is 9.18 Å². The molecule has 0 aliphatic carbocycles. The molecule has 0 amide bonds. The number of nitrogens with two attached hydrogens (primary N) is 1. The van der Waals surface area contributed by atoms with Crippen LogP contribution in [0.4, 0.5) is 4.39 Å². The SMILES string of the molecule is COC(=O)C[C@H](N)c1cc(-c2c(C)ccc(F)c2C)cc(Cl)n1. The molecule has 2 rings (SSSR count). The Morgan fingerprint density at radius 2 is 2.09 bits per heavy atom. The number of nitrogens with zero attached hydrogens (tertiary/aromatic N) is 1. The van der Waals surface area contributed by atoms with Crippen molar-refractivity contribution in [2.24, 2.45) is 5.73 Å². The summed E-state index contributed by atoms with van der Waals surface area (Å²) in [5.41, 5.74) is 9.37. The summed E-state index contributed by atoms with van der Waals surface area (Å²) in [4.78, 5) is 15.5. The fourth-order valence-corrected chi connectivity index (χ4v) is 2.70. The topological polar surface area (TPSA) is 65.2 Å². The van der Waals surface area contributed by atoms with E-state index >= 15 is 0 Å². The maximum atomic E-state index is 13.9. The largest absolute Gasteiger partial charge is 0.469 e. The highest BCUT2D eigenvalue weighted by atomic mass is 35.5. The third-order valence-corrected chi connectivity index (χ3v) is 3.90. The molecule has 0 radical (unpaired) electrons. The van der Waals surface area contributed by atoms with Gasteiger partial charge in [-0.05, 0) is 54.3 Å². The molecule has 0 saturated heterocycles. The van der Waals surface area contributed by atoms with Gasteiger partial charge < -0.3 is 10.5 Å². The van der Waals surface area contributed by atoms with Crippen LogP contribution in [0.3, 0.4) is 0 Å². The highest BCUT2D eigenvalue weighted by Crippen LogP contribution is 2.32. The van der Waals surface area contributed by atoms with Crippen LogP contribution in [0, 0.1) is 19.7 Å². The van der Waals surface area contributed by atoms with Crippen molar-refractivity contribution >= 4 is 17.6 Å². The minimum Gasteiger partial charge on any atom is -0.469 e. The maximum Gasteiger partial charge on any atom is 0.307 e. The van der Waals surface area contributed by atoms with Gasteiger partial charge in [0.1, 0.15) is 11.0 Å². The summed E-state index contributed by atoms with van der Waals surface area (Å²) in [6, 6.07) is 5.88. The van der Waals surface area contributed by atoms with Gasteiger partial charge in [-0.15, -0.1) is 0 Å². The molecule has 1 aromatic heterocycles. The maximum absolute atomic E-state index is 13.9. The Labute approximate surface area is 139 Å². The second kappa shape index (κ2) is 7.06. The fraction of sp³-hybridized carbons (Fsp3) is 0.294. The highest BCUT2D eigenvalue weighted by Gasteiger charge is 2.17. The monoisotopic (exact) mass is 336 g/mol. The first-order valence-electron chi connectivity index (χ1n) is 7.09. The molecule has 1 atom stereocenters. The summed E-state index contributed by atoms with van der Waals surface area (Å²) in [5.74, 6) is -0.724. The molecule has 1 heterocycles. The molecule has 0 spiro atoms. The van der Waals surface area contributed by atoms with Crippen LogP contribution in [0.1, 0.15) is 29.3 Å². The van der Waals surface area contributed by atoms with E-state index in [2.05, 4.69) is 9.72 Å². The Morgan fingerprint density at radius 1 is 1.39 bits per heavy atom. The number of carbonyl (C=O) groups excluding carboxylic acids is 1. The van der Waals surface area contributed by atoms with Crippen molar-refractivity contribution in [3.8, 4) is 11.1 Å². The van der Waals surface area contributed by atoms with Crippen LogP contribution in [0.25, 0.3) is 11.1 Å². The molecule has 0 aliphatic heterocycles. The molecule has 0 fully saturated rings. The van der Waals surface area contributed by atoms with Crippen molar-refractivity contribution in [3.05, 3.63) is 52.1 Å². The Hall–Kier alpha value is -1.98. The Morgan fingerprint density at radius 3 is 2.74 bits per heavy atom. The quantitative estimate of drug-likeness (QED) is 0.682. The van der Waals surface area contributed by atoms with Crippen LogP contribution < -0.4 is 5.73 Å². The van der Waals surface area contributed by atoms with Gasteiger partial charge >= 0.3 is 5.97 Å². The molecule has 0 saturated carbocycles. The number of aryl methyl sites for hydroxylation is 1. The number of halogens is 2. The fourth-order valence-electron chi connectivity index (χ4n) is 2.48. The predicted molar refractivity (Wildman–Crippen MR) is 87.7 cm³/mol. The zero-order valence-corrected chi connectivity index (χ0v) is 13.9. The number of hydrogen-bond acceptors (Lipinski definition) is 4. The van der Waals surface area contributed by atoms with Gasteiger partial charge in [0, 0.05) is 0 Å². The first kappa shape index (κ1) is 17.4. The third kappa shape index (κ3) is 3.86. The lowest BCUT2D eigenvalue weighted by atomic mass is 9.94. The van der Waals surface area contributed by atoms with Gasteiger partial charge in [0.05, 0.1) is 25.3 Å². The summed E-state index contributed by atoms with van der Waals surface area (Å²) in [5, 5.41) is 0.237. The smallest absolute Gasteiger partial charge is 0.307 e. The van der Waals surface area contributed by atoms with Gasteiger partial charge in [-0.2, -0.15) is 0 Å². The first-order chi connectivity index (χ1) is 10.8. The molecule has 1 aromatic carbocycles. The second-order valence-corrected chi connectivity index (χ2v) is 5.74. The lowest BCUT2D eigenvalue weighted by Crippen LogP contribution is -2.17. The van der Waals surface area contributed by atoms with Crippen molar-refractivity contribution in [3.63, 3.8) is 0 Å². The summed E-state index contributed by atoms with van der Waals surface area (Å²) >= 11 is 6.08. The molecule has 0 aliphatic rings. The molecule has 0 bridgehead atoms. The van der Waals surface area contributed by atoms with Crippen LogP contribution in [0.15, 0.2) is 24.3 Å². The normalized spacial score (nSPS) is 12.1. The summed E-state index contributed by atoms with van der Waals surface area (Å²) < 4.78 is 18.5. The number of methoxy groups -OCH3 is 1. The lowest BCUT2D eigenvalue weighted by Gasteiger charge is -2.15. The number of pyridine rings is 1. The van der Waals surface area contributed by atoms with Crippen LogP contribution in [0.2, 0.25) is 5.15 Å². The lowest BCUT2D eigenvalue weighted by molar-refractivity contribution is -0.141. The van der Waals surface area contributed by atoms with Gasteiger partial charge in [-0.25, -0.2) is 9.37 Å². The van der Waals surface area contributed by atoms with Crippen LogP contribution in [0.5, 0.6) is 0 Å². The van der Waals surface area contributed by atoms with Crippen molar-refractivity contribution in [1.29, 1.82) is 0 Å². The Bertz CT molecular complexity index is 750. The van der Waals surface area contributed by atoms with Crippen LogP contribution >= 0.6 is 11.6 Å². The van der Waals surface area contributed by atoms with E-state index < -0.39 is 12.0 Å². The average molecular weight is 337 g/mol. The summed E-state index contributed by atoms with van der Waals surface area (Å²) in [7, 11) is 1.30. The highest BCUT2D eigenvalue weighted by molar-refractivity contribution is 6.29. The van der Waals surface area contributed by atoms with Gasteiger partial charge in [-0.3, -0.25) is 4.79 Å². The third-order valence-electron chi connectivity index (χ3n) is 3.70. The molecular weight excluding hydrogens is 319 g/mol. The van der Waals surface area contributed by atoms with Gasteiger partial charge in [0.25, 0.3) is 0 Å². The predicted octanol–water partition coefficient (Wildman–Crippen LogP) is 3.72. The van der Waals surface area contributed by atoms with E-state index in [0.29, 0.717) is 11.3 Å². The van der Waals surface area contributed by atoms with Crippen LogP contribution in [-0.2, 0) is 9.53 Å². The van der Waals surface area contributed by atoms with E-state index in [0.717, 1.165) is 16.7 Å². The number of carbonyl (C=O) groups is 1. The summed E-state index contributed by atoms with van der Waals surface area (Å²) in [6.07, 6.45) is -0.00953. The zero-order valence-electron chi connectivity index (χ0n) is 13.2. The van der Waals surface area contributed by atoms with E-state index in [1.165, 1.54) is 13.2 Å². The number of benzene rings is 1.